The average Bonchev–Trinajstić information content (AvgIpc) is 2.67. The summed E-state index contributed by atoms with van der Waals surface area (Å²) in [5, 5.41) is 0. The topological polar surface area (TPSA) is 88.2 Å². The van der Waals surface area contributed by atoms with Crippen molar-refractivity contribution in [1.29, 1.82) is 0 Å². The lowest BCUT2D eigenvalue weighted by Gasteiger charge is -2.35. The number of hydrogen-bond acceptors (Lipinski definition) is 6. The number of sulfonamides is 1. The zero-order chi connectivity index (χ0) is 22.5. The van der Waals surface area contributed by atoms with Gasteiger partial charge in [0.25, 0.3) is 5.91 Å². The second-order valence-electron chi connectivity index (χ2n) is 8.18. The number of rotatable bonds is 5. The maximum atomic E-state index is 13.2. The third kappa shape index (κ3) is 6.58. The van der Waals surface area contributed by atoms with E-state index in [0.29, 0.717) is 30.2 Å². The Morgan fingerprint density at radius 1 is 1.27 bits per heavy atom. The van der Waals surface area contributed by atoms with E-state index in [-0.39, 0.29) is 24.0 Å². The molecule has 0 aromatic heterocycles. The molecular formula is C21H35N3O5S. The number of methoxy groups -OCH3 is 1. The number of hydrogen-bond donors (Lipinski definition) is 1. The second-order valence-corrected chi connectivity index (χ2v) is 9.93. The number of amides is 1. The first kappa shape index (κ1) is 24.4. The molecule has 1 aliphatic heterocycles. The molecule has 0 unspecified atom stereocenters. The predicted molar refractivity (Wildman–Crippen MR) is 119 cm³/mol. The van der Waals surface area contributed by atoms with Crippen LogP contribution in [0.4, 0.5) is 5.69 Å². The standard InChI is InChI=1S/C21H35N3O5S/c1-7-10-24-12-15(2)20(28-5)13-23(4)21(25)18-11-17(22-30(6,26)27)8-9-19(18)29-14-16(24)3/h8-9,11,15-16,20,22H,7,10,12-14H2,1-6H3/t15-,16-,20+/m0/s1. The number of fused-ring (bicyclic) bond motifs is 1. The highest BCUT2D eigenvalue weighted by atomic mass is 32.2. The number of ether oxygens (including phenoxy) is 2. The zero-order valence-corrected chi connectivity index (χ0v) is 19.7. The van der Waals surface area contributed by atoms with Gasteiger partial charge in [0, 0.05) is 39.0 Å². The third-order valence-corrected chi connectivity index (χ3v) is 5.99. The van der Waals surface area contributed by atoms with Crippen molar-refractivity contribution in [2.45, 2.75) is 39.3 Å². The van der Waals surface area contributed by atoms with E-state index < -0.39 is 10.0 Å². The lowest BCUT2D eigenvalue weighted by molar-refractivity contribution is 0.0108. The van der Waals surface area contributed by atoms with Gasteiger partial charge in [-0.2, -0.15) is 0 Å². The summed E-state index contributed by atoms with van der Waals surface area (Å²) < 4.78 is 37.4. The maximum Gasteiger partial charge on any atom is 0.257 e. The largest absolute Gasteiger partial charge is 0.491 e. The SMILES string of the molecule is CCCN1C[C@H](C)[C@H](OC)CN(C)C(=O)c2cc(NS(C)(=O)=O)ccc2OC[C@@H]1C. The Morgan fingerprint density at radius 3 is 2.57 bits per heavy atom. The number of carbonyl (C=O) groups excluding carboxylic acids is 1. The van der Waals surface area contributed by atoms with Crippen molar-refractivity contribution >= 4 is 21.6 Å². The molecule has 0 aliphatic carbocycles. The number of nitrogens with one attached hydrogen (secondary N) is 1. The Bertz CT molecular complexity index is 830. The molecule has 0 bridgehead atoms. The Morgan fingerprint density at radius 2 is 1.97 bits per heavy atom. The van der Waals surface area contributed by atoms with Gasteiger partial charge in [-0.05, 0) is 44.0 Å². The van der Waals surface area contributed by atoms with Crippen molar-refractivity contribution in [3.05, 3.63) is 23.8 Å². The molecule has 2 rings (SSSR count). The average molecular weight is 442 g/mol. The summed E-state index contributed by atoms with van der Waals surface area (Å²) >= 11 is 0. The quantitative estimate of drug-likeness (QED) is 0.754. The van der Waals surface area contributed by atoms with Gasteiger partial charge in [-0.15, -0.1) is 0 Å². The summed E-state index contributed by atoms with van der Waals surface area (Å²) in [6.07, 6.45) is 1.99. The first-order valence-corrected chi connectivity index (χ1v) is 12.2. The van der Waals surface area contributed by atoms with E-state index in [4.69, 9.17) is 9.47 Å². The van der Waals surface area contributed by atoms with Gasteiger partial charge in [0.05, 0.1) is 17.9 Å². The zero-order valence-electron chi connectivity index (χ0n) is 18.8. The maximum absolute atomic E-state index is 13.2. The molecule has 1 aliphatic rings. The minimum Gasteiger partial charge on any atom is -0.491 e. The van der Waals surface area contributed by atoms with Crippen molar-refractivity contribution < 1.29 is 22.7 Å². The van der Waals surface area contributed by atoms with E-state index in [1.807, 2.05) is 0 Å². The molecule has 170 valence electrons. The number of carbonyl (C=O) groups is 1. The van der Waals surface area contributed by atoms with Crippen LogP contribution in [-0.4, -0.2) is 82.9 Å². The van der Waals surface area contributed by atoms with Crippen LogP contribution in [0.25, 0.3) is 0 Å². The number of nitrogens with zero attached hydrogens (tertiary/aromatic N) is 2. The van der Waals surface area contributed by atoms with Gasteiger partial charge >= 0.3 is 0 Å². The predicted octanol–water partition coefficient (Wildman–Crippen LogP) is 2.27. The molecule has 30 heavy (non-hydrogen) atoms. The monoisotopic (exact) mass is 441 g/mol. The molecule has 1 amide bonds. The van der Waals surface area contributed by atoms with Gasteiger partial charge in [-0.25, -0.2) is 8.42 Å². The van der Waals surface area contributed by atoms with Crippen LogP contribution in [0.3, 0.4) is 0 Å². The summed E-state index contributed by atoms with van der Waals surface area (Å²) in [7, 11) is -0.0668. The van der Waals surface area contributed by atoms with Crippen LogP contribution < -0.4 is 9.46 Å². The highest BCUT2D eigenvalue weighted by molar-refractivity contribution is 7.92. The van der Waals surface area contributed by atoms with Gasteiger partial charge < -0.3 is 14.4 Å². The van der Waals surface area contributed by atoms with Crippen LogP contribution in [0.5, 0.6) is 5.75 Å². The third-order valence-electron chi connectivity index (χ3n) is 5.39. The Balaban J connectivity index is 2.44. The van der Waals surface area contributed by atoms with E-state index in [0.717, 1.165) is 25.8 Å². The van der Waals surface area contributed by atoms with Crippen molar-refractivity contribution in [3.63, 3.8) is 0 Å². The molecule has 0 saturated carbocycles. The molecule has 1 N–H and O–H groups in total. The molecule has 0 saturated heterocycles. The molecule has 0 radical (unpaired) electrons. The summed E-state index contributed by atoms with van der Waals surface area (Å²) in [5.74, 6) is 0.420. The molecule has 8 nitrogen and oxygen atoms in total. The van der Waals surface area contributed by atoms with E-state index in [9.17, 15) is 13.2 Å². The van der Waals surface area contributed by atoms with Gasteiger partial charge in [0.2, 0.25) is 10.0 Å². The second kappa shape index (κ2) is 10.5. The first-order valence-electron chi connectivity index (χ1n) is 10.3. The number of anilines is 1. The highest BCUT2D eigenvalue weighted by Gasteiger charge is 2.28. The fourth-order valence-electron chi connectivity index (χ4n) is 3.73. The van der Waals surface area contributed by atoms with Crippen molar-refractivity contribution in [2.75, 3.05) is 51.4 Å². The molecule has 0 spiro atoms. The molecule has 1 heterocycles. The normalized spacial score (nSPS) is 24.4. The van der Waals surface area contributed by atoms with E-state index in [1.165, 1.54) is 6.07 Å². The van der Waals surface area contributed by atoms with Crippen LogP contribution in [0.2, 0.25) is 0 Å². The van der Waals surface area contributed by atoms with Crippen LogP contribution >= 0.6 is 0 Å². The molecule has 1 aromatic rings. The summed E-state index contributed by atoms with van der Waals surface area (Å²) in [4.78, 5) is 17.2. The van der Waals surface area contributed by atoms with Gasteiger partial charge in [-0.3, -0.25) is 14.4 Å². The fourth-order valence-corrected chi connectivity index (χ4v) is 4.28. The molecule has 1 aromatic carbocycles. The van der Waals surface area contributed by atoms with Gasteiger partial charge in [0.15, 0.2) is 0 Å². The molecule has 9 heteroatoms. The van der Waals surface area contributed by atoms with Crippen LogP contribution in [0.1, 0.15) is 37.6 Å². The summed E-state index contributed by atoms with van der Waals surface area (Å²) in [6.45, 7) is 9.05. The molecule has 3 atom stereocenters. The Kier molecular flexibility index (Phi) is 8.52. The number of benzene rings is 1. The van der Waals surface area contributed by atoms with E-state index in [2.05, 4.69) is 30.4 Å². The Hall–Kier alpha value is -1.84. The van der Waals surface area contributed by atoms with E-state index >= 15 is 0 Å². The van der Waals surface area contributed by atoms with Crippen LogP contribution in [0, 0.1) is 5.92 Å². The van der Waals surface area contributed by atoms with Crippen LogP contribution in [0.15, 0.2) is 18.2 Å². The van der Waals surface area contributed by atoms with Crippen molar-refractivity contribution in [1.82, 2.24) is 9.80 Å². The molecule has 0 fully saturated rings. The van der Waals surface area contributed by atoms with Gasteiger partial charge in [0.1, 0.15) is 12.4 Å². The van der Waals surface area contributed by atoms with Crippen molar-refractivity contribution in [2.24, 2.45) is 5.92 Å². The first-order chi connectivity index (χ1) is 14.1. The lowest BCUT2D eigenvalue weighted by atomic mass is 10.0. The molecular weight excluding hydrogens is 406 g/mol. The number of likely N-dealkylation sites (N-methyl/N-ethyl adjacent to an activating group) is 1. The minimum absolute atomic E-state index is 0.119. The van der Waals surface area contributed by atoms with Crippen molar-refractivity contribution in [3.8, 4) is 5.75 Å². The Labute approximate surface area is 180 Å². The fraction of sp³-hybridized carbons (Fsp3) is 0.667. The summed E-state index contributed by atoms with van der Waals surface area (Å²) in [6, 6.07) is 4.93. The van der Waals surface area contributed by atoms with E-state index in [1.54, 1.807) is 31.2 Å². The lowest BCUT2D eigenvalue weighted by Crippen LogP contribution is -2.46. The minimum atomic E-state index is -3.46. The summed E-state index contributed by atoms with van der Waals surface area (Å²) in [5.41, 5.74) is 0.648. The van der Waals surface area contributed by atoms with Crippen LogP contribution in [-0.2, 0) is 14.8 Å². The smallest absolute Gasteiger partial charge is 0.257 e. The van der Waals surface area contributed by atoms with Gasteiger partial charge in [-0.1, -0.05) is 13.8 Å². The highest BCUT2D eigenvalue weighted by Crippen LogP contribution is 2.26.